The minimum Gasteiger partial charge on any atom is -0.336 e. The average Bonchev–Trinajstić information content (AvgIpc) is 3.45. The van der Waals surface area contributed by atoms with Gasteiger partial charge < -0.3 is 14.7 Å². The lowest BCUT2D eigenvalue weighted by atomic mass is 10.0. The molecule has 2 heterocycles. The van der Waals surface area contributed by atoms with Gasteiger partial charge in [-0.25, -0.2) is 4.79 Å². The maximum absolute atomic E-state index is 12.9. The number of benzene rings is 1. The van der Waals surface area contributed by atoms with Crippen molar-refractivity contribution < 1.29 is 14.4 Å². The Balaban J connectivity index is 1.38. The van der Waals surface area contributed by atoms with Crippen molar-refractivity contribution >= 4 is 35.1 Å². The molecule has 0 N–H and O–H groups in total. The van der Waals surface area contributed by atoms with E-state index < -0.39 is 0 Å². The van der Waals surface area contributed by atoms with Gasteiger partial charge in [-0.1, -0.05) is 23.7 Å². The Kier molecular flexibility index (Phi) is 6.24. The van der Waals surface area contributed by atoms with E-state index in [1.165, 1.54) is 22.7 Å². The normalized spacial score (nSPS) is 22.0. The Hall–Kier alpha value is -2.87. The zero-order valence-corrected chi connectivity index (χ0v) is 19.3. The highest BCUT2D eigenvalue weighted by Crippen LogP contribution is 2.41. The van der Waals surface area contributed by atoms with Crippen LogP contribution in [0.3, 0.4) is 0 Å². The number of anilines is 1. The van der Waals surface area contributed by atoms with Crippen LogP contribution in [0.1, 0.15) is 32.3 Å². The van der Waals surface area contributed by atoms with Gasteiger partial charge in [0.25, 0.3) is 0 Å². The zero-order valence-electron chi connectivity index (χ0n) is 18.6. The molecule has 170 valence electrons. The summed E-state index contributed by atoms with van der Waals surface area (Å²) in [5.41, 5.74) is 1.61. The third-order valence-electron chi connectivity index (χ3n) is 6.71. The van der Waals surface area contributed by atoms with Crippen LogP contribution in [0.25, 0.3) is 0 Å². The van der Waals surface area contributed by atoms with E-state index in [9.17, 15) is 14.4 Å². The predicted molar refractivity (Wildman–Crippen MR) is 121 cm³/mol. The minimum atomic E-state index is -0.179. The maximum Gasteiger partial charge on any atom is 0.344 e. The number of carbonyl (C=O) groups excluding carboxylic acids is 3. The van der Waals surface area contributed by atoms with Gasteiger partial charge >= 0.3 is 6.03 Å². The standard InChI is InChI=1S/C23H28ClN5O3/c1-15(30)26(3)22-10-25-29(14-22)23(32)27-12-18-8-21(9-19(18)13-27)28(16(2)31)11-17-5-4-6-20(24)7-17/h4-7,10,14,18-19,21H,8-9,11-13H2,1-3H3. The Labute approximate surface area is 192 Å². The Morgan fingerprint density at radius 3 is 2.41 bits per heavy atom. The summed E-state index contributed by atoms with van der Waals surface area (Å²) in [6, 6.07) is 7.60. The van der Waals surface area contributed by atoms with E-state index >= 15 is 0 Å². The van der Waals surface area contributed by atoms with Crippen LogP contribution in [0.2, 0.25) is 5.02 Å². The SMILES string of the molecule is CC(=O)N(C)c1cnn(C(=O)N2CC3CC(N(Cc4cccc(Cl)c4)C(C)=O)CC3C2)c1. The van der Waals surface area contributed by atoms with Gasteiger partial charge in [0.05, 0.1) is 18.1 Å². The number of halogens is 1. The van der Waals surface area contributed by atoms with Gasteiger partial charge in [0.15, 0.2) is 0 Å². The fourth-order valence-corrected chi connectivity index (χ4v) is 5.14. The van der Waals surface area contributed by atoms with Crippen molar-refractivity contribution in [2.45, 2.75) is 39.3 Å². The van der Waals surface area contributed by atoms with Crippen molar-refractivity contribution in [2.24, 2.45) is 11.8 Å². The van der Waals surface area contributed by atoms with Crippen LogP contribution >= 0.6 is 11.6 Å². The van der Waals surface area contributed by atoms with Crippen molar-refractivity contribution in [3.05, 3.63) is 47.2 Å². The summed E-state index contributed by atoms with van der Waals surface area (Å²) in [6.07, 6.45) is 4.87. The number of likely N-dealkylation sites (tertiary alicyclic amines) is 1. The lowest BCUT2D eigenvalue weighted by molar-refractivity contribution is -0.131. The van der Waals surface area contributed by atoms with E-state index in [2.05, 4.69) is 5.10 Å². The second-order valence-corrected chi connectivity index (χ2v) is 9.27. The molecule has 1 aromatic heterocycles. The number of nitrogens with zero attached hydrogens (tertiary/aromatic N) is 5. The quantitative estimate of drug-likeness (QED) is 0.706. The molecule has 9 heteroatoms. The third-order valence-corrected chi connectivity index (χ3v) is 6.94. The topological polar surface area (TPSA) is 78.8 Å². The molecular formula is C23H28ClN5O3. The van der Waals surface area contributed by atoms with E-state index in [0.717, 1.165) is 18.4 Å². The van der Waals surface area contributed by atoms with Gasteiger partial charge in [-0.2, -0.15) is 9.78 Å². The molecular weight excluding hydrogens is 430 g/mol. The Morgan fingerprint density at radius 2 is 1.81 bits per heavy atom. The van der Waals surface area contributed by atoms with Crippen molar-refractivity contribution in [3.8, 4) is 0 Å². The molecule has 1 aromatic carbocycles. The van der Waals surface area contributed by atoms with Gasteiger partial charge in [0, 0.05) is 51.6 Å². The average molecular weight is 458 g/mol. The highest BCUT2D eigenvalue weighted by atomic mass is 35.5. The van der Waals surface area contributed by atoms with Crippen molar-refractivity contribution in [3.63, 3.8) is 0 Å². The predicted octanol–water partition coefficient (Wildman–Crippen LogP) is 3.25. The van der Waals surface area contributed by atoms with E-state index in [4.69, 9.17) is 11.6 Å². The molecule has 2 aliphatic rings. The van der Waals surface area contributed by atoms with Crippen LogP contribution in [0.5, 0.6) is 0 Å². The number of fused-ring (bicyclic) bond motifs is 1. The van der Waals surface area contributed by atoms with Crippen LogP contribution in [-0.2, 0) is 16.1 Å². The first-order chi connectivity index (χ1) is 15.2. The number of hydrogen-bond acceptors (Lipinski definition) is 4. The lowest BCUT2D eigenvalue weighted by Gasteiger charge is -2.29. The van der Waals surface area contributed by atoms with Gasteiger partial charge in [-0.05, 0) is 42.4 Å². The molecule has 1 saturated carbocycles. The molecule has 0 spiro atoms. The highest BCUT2D eigenvalue weighted by molar-refractivity contribution is 6.30. The van der Waals surface area contributed by atoms with Crippen molar-refractivity contribution in [2.75, 3.05) is 25.0 Å². The largest absolute Gasteiger partial charge is 0.344 e. The van der Waals surface area contributed by atoms with E-state index in [1.54, 1.807) is 20.2 Å². The molecule has 2 aromatic rings. The van der Waals surface area contributed by atoms with Crippen molar-refractivity contribution in [1.82, 2.24) is 19.6 Å². The van der Waals surface area contributed by atoms with Gasteiger partial charge in [0.1, 0.15) is 0 Å². The summed E-state index contributed by atoms with van der Waals surface area (Å²) < 4.78 is 1.30. The summed E-state index contributed by atoms with van der Waals surface area (Å²) >= 11 is 6.11. The first-order valence-electron chi connectivity index (χ1n) is 10.8. The summed E-state index contributed by atoms with van der Waals surface area (Å²) in [4.78, 5) is 42.1. The summed E-state index contributed by atoms with van der Waals surface area (Å²) in [6.45, 7) is 4.93. The third kappa shape index (κ3) is 4.50. The summed E-state index contributed by atoms with van der Waals surface area (Å²) in [5.74, 6) is 0.660. The van der Waals surface area contributed by atoms with Crippen LogP contribution in [-0.4, -0.2) is 63.6 Å². The van der Waals surface area contributed by atoms with Gasteiger partial charge in [0.2, 0.25) is 11.8 Å². The molecule has 0 bridgehead atoms. The summed E-state index contributed by atoms with van der Waals surface area (Å²) in [7, 11) is 1.65. The number of amides is 3. The summed E-state index contributed by atoms with van der Waals surface area (Å²) in [5, 5.41) is 4.81. The van der Waals surface area contributed by atoms with Crippen LogP contribution < -0.4 is 4.90 Å². The van der Waals surface area contributed by atoms with Crippen LogP contribution in [0.4, 0.5) is 10.5 Å². The highest BCUT2D eigenvalue weighted by Gasteiger charge is 2.45. The number of aromatic nitrogens is 2. The van der Waals surface area contributed by atoms with E-state index in [-0.39, 0.29) is 23.9 Å². The number of carbonyl (C=O) groups is 3. The first-order valence-corrected chi connectivity index (χ1v) is 11.2. The molecule has 32 heavy (non-hydrogen) atoms. The molecule has 1 aliphatic heterocycles. The second-order valence-electron chi connectivity index (χ2n) is 8.83. The monoisotopic (exact) mass is 457 g/mol. The fourth-order valence-electron chi connectivity index (χ4n) is 4.93. The van der Waals surface area contributed by atoms with Gasteiger partial charge in [-0.3, -0.25) is 9.59 Å². The molecule has 2 fully saturated rings. The Morgan fingerprint density at radius 1 is 1.12 bits per heavy atom. The first kappa shape index (κ1) is 22.3. The van der Waals surface area contributed by atoms with E-state index in [1.807, 2.05) is 34.1 Å². The Bertz CT molecular complexity index is 1020. The minimum absolute atomic E-state index is 0.0570. The van der Waals surface area contributed by atoms with Crippen LogP contribution in [0, 0.1) is 11.8 Å². The molecule has 2 unspecified atom stereocenters. The van der Waals surface area contributed by atoms with Crippen molar-refractivity contribution in [1.29, 1.82) is 0 Å². The number of rotatable bonds is 4. The smallest absolute Gasteiger partial charge is 0.336 e. The molecule has 8 nitrogen and oxygen atoms in total. The zero-order chi connectivity index (χ0) is 23.0. The van der Waals surface area contributed by atoms with Gasteiger partial charge in [-0.15, -0.1) is 0 Å². The second kappa shape index (κ2) is 8.94. The molecule has 4 rings (SSSR count). The molecule has 3 amide bonds. The number of hydrogen-bond donors (Lipinski definition) is 0. The van der Waals surface area contributed by atoms with Crippen LogP contribution in [0.15, 0.2) is 36.7 Å². The maximum atomic E-state index is 12.9. The van der Waals surface area contributed by atoms with E-state index in [0.29, 0.717) is 42.2 Å². The fraction of sp³-hybridized carbons (Fsp3) is 0.478. The molecule has 1 saturated heterocycles. The lowest BCUT2D eigenvalue weighted by Crippen LogP contribution is -2.39. The molecule has 0 radical (unpaired) electrons. The molecule has 2 atom stereocenters. The molecule has 1 aliphatic carbocycles.